The second-order valence-electron chi connectivity index (χ2n) is 5.90. The molecule has 0 spiro atoms. The molecule has 1 unspecified atom stereocenters. The number of benzene rings is 1. The third-order valence-corrected chi connectivity index (χ3v) is 4.12. The fraction of sp³-hybridized carbons (Fsp3) is 0.611. The van der Waals surface area contributed by atoms with Crippen LogP contribution in [0.3, 0.4) is 0 Å². The lowest BCUT2D eigenvalue weighted by Gasteiger charge is -2.31. The number of nitrogens with zero attached hydrogens (tertiary/aromatic N) is 1. The fourth-order valence-electron chi connectivity index (χ4n) is 2.99. The van der Waals surface area contributed by atoms with Crippen LogP contribution in [-0.2, 0) is 17.8 Å². The Labute approximate surface area is 139 Å². The van der Waals surface area contributed by atoms with Crippen molar-refractivity contribution in [2.75, 3.05) is 33.4 Å². The van der Waals surface area contributed by atoms with E-state index in [4.69, 9.17) is 9.47 Å². The lowest BCUT2D eigenvalue weighted by Crippen LogP contribution is -2.41. The lowest BCUT2D eigenvalue weighted by atomic mass is 9.97. The summed E-state index contributed by atoms with van der Waals surface area (Å²) in [6.07, 6.45) is 0.861. The van der Waals surface area contributed by atoms with Crippen molar-refractivity contribution in [1.82, 2.24) is 10.2 Å². The SMILES string of the molecule is CCOc1cc2c(cc1OCC)CN(C(=O)C(C)CNC)CC2. The van der Waals surface area contributed by atoms with Gasteiger partial charge in [0.1, 0.15) is 0 Å². The highest BCUT2D eigenvalue weighted by Gasteiger charge is 2.25. The Bertz CT molecular complexity index is 545. The van der Waals surface area contributed by atoms with Crippen molar-refractivity contribution in [1.29, 1.82) is 0 Å². The van der Waals surface area contributed by atoms with Crippen LogP contribution in [-0.4, -0.2) is 44.2 Å². The summed E-state index contributed by atoms with van der Waals surface area (Å²) in [6, 6.07) is 4.11. The molecule has 1 aromatic carbocycles. The average molecular weight is 320 g/mol. The predicted octanol–water partition coefficient (Wildman–Crippen LogP) is 2.22. The standard InChI is InChI=1S/C18H28N2O3/c1-5-22-16-9-14-7-8-20(18(21)13(3)11-19-4)12-15(14)10-17(16)23-6-2/h9-10,13,19H,5-8,11-12H2,1-4H3. The molecule has 0 aliphatic carbocycles. The van der Waals surface area contributed by atoms with Gasteiger partial charge in [-0.1, -0.05) is 6.92 Å². The molecule has 23 heavy (non-hydrogen) atoms. The molecule has 0 bridgehead atoms. The van der Waals surface area contributed by atoms with Crippen LogP contribution in [0.15, 0.2) is 12.1 Å². The summed E-state index contributed by atoms with van der Waals surface area (Å²) in [4.78, 5) is 14.5. The summed E-state index contributed by atoms with van der Waals surface area (Å²) in [6.45, 7) is 9.23. The predicted molar refractivity (Wildman–Crippen MR) is 91.0 cm³/mol. The van der Waals surface area contributed by atoms with Gasteiger partial charge in [-0.15, -0.1) is 0 Å². The van der Waals surface area contributed by atoms with E-state index in [1.54, 1.807) is 0 Å². The molecule has 128 valence electrons. The molecular formula is C18H28N2O3. The van der Waals surface area contributed by atoms with Crippen LogP contribution in [0.4, 0.5) is 0 Å². The smallest absolute Gasteiger partial charge is 0.226 e. The van der Waals surface area contributed by atoms with E-state index in [1.165, 1.54) is 5.56 Å². The first-order valence-corrected chi connectivity index (χ1v) is 8.45. The van der Waals surface area contributed by atoms with E-state index in [0.717, 1.165) is 30.0 Å². The quantitative estimate of drug-likeness (QED) is 0.837. The average Bonchev–Trinajstić information content (AvgIpc) is 2.55. The van der Waals surface area contributed by atoms with Gasteiger partial charge in [-0.05, 0) is 50.6 Å². The molecule has 0 radical (unpaired) electrons. The summed E-state index contributed by atoms with van der Waals surface area (Å²) >= 11 is 0. The van der Waals surface area contributed by atoms with Gasteiger partial charge in [0.05, 0.1) is 13.2 Å². The highest BCUT2D eigenvalue weighted by atomic mass is 16.5. The number of hydrogen-bond acceptors (Lipinski definition) is 4. The summed E-state index contributed by atoms with van der Waals surface area (Å²) < 4.78 is 11.4. The van der Waals surface area contributed by atoms with Crippen LogP contribution in [0.1, 0.15) is 31.9 Å². The largest absolute Gasteiger partial charge is 0.490 e. The molecule has 1 heterocycles. The van der Waals surface area contributed by atoms with Crippen molar-refractivity contribution >= 4 is 5.91 Å². The number of amides is 1. The van der Waals surface area contributed by atoms with Crippen molar-refractivity contribution in [3.63, 3.8) is 0 Å². The molecule has 1 N–H and O–H groups in total. The molecule has 0 saturated carbocycles. The fourth-order valence-corrected chi connectivity index (χ4v) is 2.99. The van der Waals surface area contributed by atoms with Gasteiger partial charge in [-0.3, -0.25) is 4.79 Å². The van der Waals surface area contributed by atoms with Crippen LogP contribution in [0.2, 0.25) is 0 Å². The van der Waals surface area contributed by atoms with Gasteiger partial charge in [0.25, 0.3) is 0 Å². The zero-order chi connectivity index (χ0) is 16.8. The molecule has 1 aliphatic rings. The van der Waals surface area contributed by atoms with Crippen molar-refractivity contribution in [2.45, 2.75) is 33.7 Å². The molecule has 0 aromatic heterocycles. The Kier molecular flexibility index (Phi) is 6.28. The monoisotopic (exact) mass is 320 g/mol. The first-order chi connectivity index (χ1) is 11.1. The summed E-state index contributed by atoms with van der Waals surface area (Å²) in [5.41, 5.74) is 2.41. The number of fused-ring (bicyclic) bond motifs is 1. The van der Waals surface area contributed by atoms with Crippen LogP contribution < -0.4 is 14.8 Å². The van der Waals surface area contributed by atoms with Crippen LogP contribution in [0.5, 0.6) is 11.5 Å². The minimum atomic E-state index is -0.00406. The molecule has 0 saturated heterocycles. The molecule has 0 fully saturated rings. The minimum absolute atomic E-state index is 0.00406. The third kappa shape index (κ3) is 4.16. The number of hydrogen-bond donors (Lipinski definition) is 1. The van der Waals surface area contributed by atoms with Crippen molar-refractivity contribution < 1.29 is 14.3 Å². The number of ether oxygens (including phenoxy) is 2. The minimum Gasteiger partial charge on any atom is -0.490 e. The molecule has 1 amide bonds. The third-order valence-electron chi connectivity index (χ3n) is 4.12. The Morgan fingerprint density at radius 3 is 2.39 bits per heavy atom. The zero-order valence-electron chi connectivity index (χ0n) is 14.6. The molecule has 5 heteroatoms. The van der Waals surface area contributed by atoms with Crippen LogP contribution >= 0.6 is 0 Å². The van der Waals surface area contributed by atoms with Gasteiger partial charge in [0, 0.05) is 25.6 Å². The summed E-state index contributed by atoms with van der Waals surface area (Å²) in [5.74, 6) is 1.77. The van der Waals surface area contributed by atoms with Gasteiger partial charge in [-0.25, -0.2) is 0 Å². The van der Waals surface area contributed by atoms with Gasteiger partial charge in [0.15, 0.2) is 11.5 Å². The maximum atomic E-state index is 12.5. The normalized spacial score (nSPS) is 15.0. The second-order valence-corrected chi connectivity index (χ2v) is 5.90. The molecular weight excluding hydrogens is 292 g/mol. The Hall–Kier alpha value is -1.75. The van der Waals surface area contributed by atoms with Crippen LogP contribution in [0, 0.1) is 5.92 Å². The number of rotatable bonds is 7. The molecule has 1 aliphatic heterocycles. The zero-order valence-corrected chi connectivity index (χ0v) is 14.6. The maximum Gasteiger partial charge on any atom is 0.226 e. The molecule has 1 aromatic rings. The van der Waals surface area contributed by atoms with E-state index in [0.29, 0.717) is 26.3 Å². The highest BCUT2D eigenvalue weighted by Crippen LogP contribution is 2.34. The van der Waals surface area contributed by atoms with Crippen molar-refractivity contribution in [2.24, 2.45) is 5.92 Å². The van der Waals surface area contributed by atoms with E-state index in [1.807, 2.05) is 38.8 Å². The highest BCUT2D eigenvalue weighted by molar-refractivity contribution is 5.79. The summed E-state index contributed by atoms with van der Waals surface area (Å²) in [5, 5.41) is 3.07. The Morgan fingerprint density at radius 1 is 1.22 bits per heavy atom. The van der Waals surface area contributed by atoms with E-state index in [-0.39, 0.29) is 11.8 Å². The van der Waals surface area contributed by atoms with E-state index in [2.05, 4.69) is 11.4 Å². The van der Waals surface area contributed by atoms with Gasteiger partial charge < -0.3 is 19.7 Å². The van der Waals surface area contributed by atoms with E-state index >= 15 is 0 Å². The van der Waals surface area contributed by atoms with Gasteiger partial charge in [-0.2, -0.15) is 0 Å². The Morgan fingerprint density at radius 2 is 1.83 bits per heavy atom. The van der Waals surface area contributed by atoms with E-state index < -0.39 is 0 Å². The lowest BCUT2D eigenvalue weighted by molar-refractivity contribution is -0.135. The second kappa shape index (κ2) is 8.20. The van der Waals surface area contributed by atoms with Crippen LogP contribution in [0.25, 0.3) is 0 Å². The summed E-state index contributed by atoms with van der Waals surface area (Å²) in [7, 11) is 1.87. The topological polar surface area (TPSA) is 50.8 Å². The number of carbonyl (C=O) groups is 1. The van der Waals surface area contributed by atoms with Gasteiger partial charge in [0.2, 0.25) is 5.91 Å². The molecule has 1 atom stereocenters. The number of nitrogens with one attached hydrogen (secondary N) is 1. The van der Waals surface area contributed by atoms with Crippen molar-refractivity contribution in [3.05, 3.63) is 23.3 Å². The molecule has 5 nitrogen and oxygen atoms in total. The molecule has 2 rings (SSSR count). The Balaban J connectivity index is 2.19. The first-order valence-electron chi connectivity index (χ1n) is 8.45. The van der Waals surface area contributed by atoms with Crippen molar-refractivity contribution in [3.8, 4) is 11.5 Å². The maximum absolute atomic E-state index is 12.5. The number of carbonyl (C=O) groups excluding carboxylic acids is 1. The van der Waals surface area contributed by atoms with Gasteiger partial charge >= 0.3 is 0 Å². The first kappa shape index (κ1) is 17.6. The van der Waals surface area contributed by atoms with E-state index in [9.17, 15) is 4.79 Å².